The third-order valence-electron chi connectivity index (χ3n) is 5.27. The van der Waals surface area contributed by atoms with Crippen molar-refractivity contribution >= 4 is 17.7 Å². The van der Waals surface area contributed by atoms with Crippen LogP contribution in [-0.2, 0) is 4.79 Å². The van der Waals surface area contributed by atoms with Crippen molar-refractivity contribution in [3.05, 3.63) is 60.2 Å². The molecule has 0 aliphatic carbocycles. The molecule has 2 aromatic rings. The van der Waals surface area contributed by atoms with Gasteiger partial charge in [-0.15, -0.1) is 11.8 Å². The molecule has 1 atom stereocenters. The van der Waals surface area contributed by atoms with Crippen molar-refractivity contribution in [1.29, 1.82) is 0 Å². The van der Waals surface area contributed by atoms with E-state index in [2.05, 4.69) is 60.0 Å². The summed E-state index contributed by atoms with van der Waals surface area (Å²) in [4.78, 5) is 18.8. The minimum Gasteiger partial charge on any atom is -0.497 e. The monoisotopic (exact) mass is 412 g/mol. The highest BCUT2D eigenvalue weighted by molar-refractivity contribution is 7.99. The fraction of sp³-hybridized carbons (Fsp3) is 0.458. The van der Waals surface area contributed by atoms with Crippen LogP contribution in [0.25, 0.3) is 0 Å². The summed E-state index contributed by atoms with van der Waals surface area (Å²) in [5, 5.41) is 0. The van der Waals surface area contributed by atoms with Crippen LogP contribution in [0.5, 0.6) is 5.75 Å². The van der Waals surface area contributed by atoms with Crippen LogP contribution < -0.4 is 4.74 Å². The zero-order valence-electron chi connectivity index (χ0n) is 17.7. The van der Waals surface area contributed by atoms with Gasteiger partial charge >= 0.3 is 0 Å². The average Bonchev–Trinajstić information content (AvgIpc) is 2.91. The highest BCUT2D eigenvalue weighted by atomic mass is 32.2. The van der Waals surface area contributed by atoms with Gasteiger partial charge in [0.05, 0.1) is 13.2 Å². The second-order valence-electron chi connectivity index (χ2n) is 7.94. The van der Waals surface area contributed by atoms with Crippen molar-refractivity contribution in [2.24, 2.45) is 5.92 Å². The first-order valence-corrected chi connectivity index (χ1v) is 11.4. The van der Waals surface area contributed by atoms with Crippen LogP contribution in [0, 0.1) is 5.92 Å². The molecule has 0 N–H and O–H groups in total. The van der Waals surface area contributed by atoms with E-state index in [0.717, 1.165) is 37.7 Å². The summed E-state index contributed by atoms with van der Waals surface area (Å²) < 4.78 is 5.26. The molecule has 0 bridgehead atoms. The number of hydrogen-bond acceptors (Lipinski definition) is 4. The van der Waals surface area contributed by atoms with Crippen molar-refractivity contribution < 1.29 is 9.53 Å². The molecule has 0 aromatic heterocycles. The van der Waals surface area contributed by atoms with E-state index in [1.165, 1.54) is 10.5 Å². The Morgan fingerprint density at radius 3 is 2.38 bits per heavy atom. The van der Waals surface area contributed by atoms with Crippen molar-refractivity contribution in [1.82, 2.24) is 9.80 Å². The number of nitrogens with zero attached hydrogens (tertiary/aromatic N) is 2. The molecule has 1 saturated heterocycles. The van der Waals surface area contributed by atoms with Gasteiger partial charge in [-0.05, 0) is 35.7 Å². The van der Waals surface area contributed by atoms with Crippen LogP contribution in [0.2, 0.25) is 0 Å². The third kappa shape index (κ3) is 6.25. The lowest BCUT2D eigenvalue weighted by atomic mass is 10.1. The summed E-state index contributed by atoms with van der Waals surface area (Å²) in [5.74, 6) is 2.58. The van der Waals surface area contributed by atoms with Crippen LogP contribution >= 0.6 is 11.8 Å². The number of hydrogen-bond donors (Lipinski definition) is 0. The lowest BCUT2D eigenvalue weighted by Crippen LogP contribution is -2.38. The lowest BCUT2D eigenvalue weighted by molar-refractivity contribution is -0.132. The predicted molar refractivity (Wildman–Crippen MR) is 121 cm³/mol. The van der Waals surface area contributed by atoms with Crippen LogP contribution in [0.4, 0.5) is 0 Å². The van der Waals surface area contributed by atoms with E-state index in [1.54, 1.807) is 18.9 Å². The van der Waals surface area contributed by atoms with E-state index in [9.17, 15) is 4.79 Å². The van der Waals surface area contributed by atoms with E-state index in [0.29, 0.717) is 12.3 Å². The van der Waals surface area contributed by atoms with Gasteiger partial charge < -0.3 is 14.5 Å². The number of carbonyl (C=O) groups excluding carboxylic acids is 1. The zero-order valence-corrected chi connectivity index (χ0v) is 18.5. The molecule has 1 heterocycles. The maximum atomic E-state index is 13.0. The van der Waals surface area contributed by atoms with Gasteiger partial charge in [-0.1, -0.05) is 44.2 Å². The smallest absolute Gasteiger partial charge is 0.224 e. The van der Waals surface area contributed by atoms with Gasteiger partial charge in [-0.3, -0.25) is 4.79 Å². The Hall–Kier alpha value is -1.98. The molecular formula is C24H32N2O2S. The van der Waals surface area contributed by atoms with E-state index >= 15 is 0 Å². The number of amides is 1. The first kappa shape index (κ1) is 21.7. The number of rotatable bonds is 8. The number of methoxy groups -OCH3 is 1. The first-order chi connectivity index (χ1) is 14.1. The standard InChI is InChI=1S/C24H32N2O2S/c1-19(2)17-25-14-13-24(27)26(16-15-25)23(20-7-5-4-6-8-20)18-29-22-11-9-21(28-3)10-12-22/h4-12,19,23H,13-18H2,1-3H3/t23-/m1/s1. The molecule has 156 valence electrons. The molecule has 1 fully saturated rings. The van der Waals surface area contributed by atoms with Gasteiger partial charge in [0.15, 0.2) is 0 Å². The molecule has 0 unspecified atom stereocenters. The lowest BCUT2D eigenvalue weighted by Gasteiger charge is -2.31. The van der Waals surface area contributed by atoms with Gasteiger partial charge in [-0.2, -0.15) is 0 Å². The Morgan fingerprint density at radius 1 is 1.00 bits per heavy atom. The third-order valence-corrected chi connectivity index (χ3v) is 6.36. The predicted octanol–water partition coefficient (Wildman–Crippen LogP) is 4.72. The number of benzene rings is 2. The fourth-order valence-electron chi connectivity index (χ4n) is 3.80. The summed E-state index contributed by atoms with van der Waals surface area (Å²) in [5.41, 5.74) is 1.21. The van der Waals surface area contributed by atoms with Crippen molar-refractivity contribution in [2.45, 2.75) is 31.2 Å². The van der Waals surface area contributed by atoms with Crippen LogP contribution in [-0.4, -0.2) is 54.7 Å². The molecule has 1 aliphatic rings. The second-order valence-corrected chi connectivity index (χ2v) is 9.04. The molecule has 2 aromatic carbocycles. The quantitative estimate of drug-likeness (QED) is 0.588. The molecule has 4 nitrogen and oxygen atoms in total. The highest BCUT2D eigenvalue weighted by Gasteiger charge is 2.28. The average molecular weight is 413 g/mol. The molecule has 29 heavy (non-hydrogen) atoms. The van der Waals surface area contributed by atoms with Gasteiger partial charge in [0.2, 0.25) is 5.91 Å². The van der Waals surface area contributed by atoms with E-state index in [1.807, 2.05) is 18.2 Å². The fourth-order valence-corrected chi connectivity index (χ4v) is 4.85. The largest absolute Gasteiger partial charge is 0.497 e. The number of carbonyl (C=O) groups is 1. The summed E-state index contributed by atoms with van der Waals surface area (Å²) in [7, 11) is 1.68. The van der Waals surface area contributed by atoms with Gasteiger partial charge in [0.25, 0.3) is 0 Å². The Balaban J connectivity index is 1.75. The molecule has 0 saturated carbocycles. The molecule has 3 rings (SSSR count). The van der Waals surface area contributed by atoms with Crippen LogP contribution in [0.3, 0.4) is 0 Å². The normalized spacial score (nSPS) is 16.7. The summed E-state index contributed by atoms with van der Waals surface area (Å²) in [6.45, 7) is 8.12. The van der Waals surface area contributed by atoms with E-state index < -0.39 is 0 Å². The minimum absolute atomic E-state index is 0.0785. The maximum absolute atomic E-state index is 13.0. The van der Waals surface area contributed by atoms with Crippen LogP contribution in [0.1, 0.15) is 31.9 Å². The summed E-state index contributed by atoms with van der Waals surface area (Å²) >= 11 is 1.79. The van der Waals surface area contributed by atoms with Gasteiger partial charge in [0.1, 0.15) is 5.75 Å². The Morgan fingerprint density at radius 2 is 1.72 bits per heavy atom. The first-order valence-electron chi connectivity index (χ1n) is 10.4. The second kappa shape index (κ2) is 10.7. The molecule has 0 radical (unpaired) electrons. The summed E-state index contributed by atoms with van der Waals surface area (Å²) in [6, 6.07) is 18.7. The van der Waals surface area contributed by atoms with Crippen molar-refractivity contribution in [3.8, 4) is 5.75 Å². The van der Waals surface area contributed by atoms with E-state index in [4.69, 9.17) is 4.74 Å². The number of ether oxygens (including phenoxy) is 1. The zero-order chi connectivity index (χ0) is 20.6. The number of thioether (sulfide) groups is 1. The topological polar surface area (TPSA) is 32.8 Å². The van der Waals surface area contributed by atoms with Gasteiger partial charge in [0, 0.05) is 43.2 Å². The highest BCUT2D eigenvalue weighted by Crippen LogP contribution is 2.31. The Labute approximate surface area is 179 Å². The van der Waals surface area contributed by atoms with E-state index in [-0.39, 0.29) is 11.9 Å². The maximum Gasteiger partial charge on any atom is 0.224 e. The molecule has 0 spiro atoms. The molecule has 1 amide bonds. The Bertz CT molecular complexity index is 764. The minimum atomic E-state index is 0.0785. The molecule has 1 aliphatic heterocycles. The SMILES string of the molecule is COc1ccc(SC[C@H](c2ccccc2)N2CCN(CC(C)C)CCC2=O)cc1. The van der Waals surface area contributed by atoms with Gasteiger partial charge in [-0.25, -0.2) is 0 Å². The molecule has 5 heteroatoms. The molecular weight excluding hydrogens is 380 g/mol. The van der Waals surface area contributed by atoms with Crippen molar-refractivity contribution in [2.75, 3.05) is 39.0 Å². The Kier molecular flexibility index (Phi) is 8.01. The van der Waals surface area contributed by atoms with Crippen molar-refractivity contribution in [3.63, 3.8) is 0 Å². The van der Waals surface area contributed by atoms with Crippen LogP contribution in [0.15, 0.2) is 59.5 Å². The summed E-state index contributed by atoms with van der Waals surface area (Å²) in [6.07, 6.45) is 0.600.